The van der Waals surface area contributed by atoms with E-state index in [1.807, 2.05) is 0 Å². The third kappa shape index (κ3) is 4.10. The smallest absolute Gasteiger partial charge is 0.00220 e. The molecule has 1 fully saturated rings. The molecule has 0 atom stereocenters. The van der Waals surface area contributed by atoms with Crippen molar-refractivity contribution in [2.45, 2.75) is 39.0 Å². The number of nitrogens with zero attached hydrogens (tertiary/aromatic N) is 1. The molecule has 0 aromatic rings. The van der Waals surface area contributed by atoms with Crippen LogP contribution >= 0.6 is 0 Å². The minimum atomic E-state index is 0.860. The molecule has 1 aliphatic rings. The second-order valence-electron chi connectivity index (χ2n) is 4.26. The van der Waals surface area contributed by atoms with Gasteiger partial charge in [-0.1, -0.05) is 19.8 Å². The van der Waals surface area contributed by atoms with Crippen LogP contribution in [0.4, 0.5) is 0 Å². The maximum Gasteiger partial charge on any atom is 0.00220 e. The second kappa shape index (κ2) is 6.39. The van der Waals surface area contributed by atoms with Gasteiger partial charge in [0.15, 0.2) is 0 Å². The monoisotopic (exact) mass is 184 g/mol. The van der Waals surface area contributed by atoms with E-state index < -0.39 is 0 Å². The molecule has 0 aromatic heterocycles. The fraction of sp³-hybridized carbons (Fsp3) is 1.00. The van der Waals surface area contributed by atoms with Crippen LogP contribution in [0.5, 0.6) is 0 Å². The van der Waals surface area contributed by atoms with Gasteiger partial charge in [-0.15, -0.1) is 0 Å². The standard InChI is InChI=1S/C11H24N2/c1-2-6-11-9-13(10-11)8-5-3-4-7-12/h11H,2-10,12H2,1H3. The summed E-state index contributed by atoms with van der Waals surface area (Å²) in [5.74, 6) is 1.01. The number of hydrogen-bond acceptors (Lipinski definition) is 2. The number of rotatable bonds is 7. The van der Waals surface area contributed by atoms with E-state index in [0.29, 0.717) is 0 Å². The first kappa shape index (κ1) is 11.0. The van der Waals surface area contributed by atoms with Gasteiger partial charge in [0, 0.05) is 13.1 Å². The Labute approximate surface area is 82.5 Å². The molecule has 2 nitrogen and oxygen atoms in total. The molecule has 0 aliphatic carbocycles. The van der Waals surface area contributed by atoms with Crippen molar-refractivity contribution >= 4 is 0 Å². The molecule has 0 spiro atoms. The average molecular weight is 184 g/mol. The quantitative estimate of drug-likeness (QED) is 0.612. The zero-order valence-corrected chi connectivity index (χ0v) is 8.97. The van der Waals surface area contributed by atoms with Crippen LogP contribution in [0.2, 0.25) is 0 Å². The summed E-state index contributed by atoms with van der Waals surface area (Å²) in [5, 5.41) is 0. The van der Waals surface area contributed by atoms with Crippen molar-refractivity contribution < 1.29 is 0 Å². The average Bonchev–Trinajstić information content (AvgIpc) is 2.07. The number of likely N-dealkylation sites (tertiary alicyclic amines) is 1. The predicted octanol–water partition coefficient (Wildman–Crippen LogP) is 1.85. The summed E-state index contributed by atoms with van der Waals surface area (Å²) >= 11 is 0. The van der Waals surface area contributed by atoms with Crippen molar-refractivity contribution in [2.75, 3.05) is 26.2 Å². The Bertz CT molecular complexity index is 119. The molecular formula is C11H24N2. The van der Waals surface area contributed by atoms with Gasteiger partial charge in [0.05, 0.1) is 0 Å². The van der Waals surface area contributed by atoms with E-state index in [4.69, 9.17) is 5.73 Å². The van der Waals surface area contributed by atoms with Crippen molar-refractivity contribution in [1.82, 2.24) is 4.90 Å². The number of nitrogens with two attached hydrogens (primary N) is 1. The summed E-state index contributed by atoms with van der Waals surface area (Å²) in [5.41, 5.74) is 5.44. The summed E-state index contributed by atoms with van der Waals surface area (Å²) in [6, 6.07) is 0. The first-order chi connectivity index (χ1) is 6.36. The molecular weight excluding hydrogens is 160 g/mol. The summed E-state index contributed by atoms with van der Waals surface area (Å²) in [4.78, 5) is 2.58. The van der Waals surface area contributed by atoms with Gasteiger partial charge in [-0.3, -0.25) is 0 Å². The molecule has 1 rings (SSSR count). The summed E-state index contributed by atoms with van der Waals surface area (Å²) in [6.07, 6.45) is 6.64. The largest absolute Gasteiger partial charge is 0.330 e. The van der Waals surface area contributed by atoms with E-state index in [1.54, 1.807) is 0 Å². The highest BCUT2D eigenvalue weighted by Gasteiger charge is 2.24. The van der Waals surface area contributed by atoms with Crippen LogP contribution in [0.1, 0.15) is 39.0 Å². The highest BCUT2D eigenvalue weighted by atomic mass is 15.2. The van der Waals surface area contributed by atoms with Crippen molar-refractivity contribution in [2.24, 2.45) is 11.7 Å². The summed E-state index contributed by atoms with van der Waals surface area (Å²) < 4.78 is 0. The molecule has 2 heteroatoms. The molecule has 1 aliphatic heterocycles. The zero-order valence-electron chi connectivity index (χ0n) is 8.97. The molecule has 0 unspecified atom stereocenters. The Morgan fingerprint density at radius 1 is 1.23 bits per heavy atom. The van der Waals surface area contributed by atoms with E-state index in [9.17, 15) is 0 Å². The van der Waals surface area contributed by atoms with Gasteiger partial charge in [-0.2, -0.15) is 0 Å². The van der Waals surface area contributed by atoms with Gasteiger partial charge in [0.1, 0.15) is 0 Å². The Hall–Kier alpha value is -0.0800. The second-order valence-corrected chi connectivity index (χ2v) is 4.26. The molecule has 1 saturated heterocycles. The van der Waals surface area contributed by atoms with Crippen LogP contribution in [0.3, 0.4) is 0 Å². The zero-order chi connectivity index (χ0) is 9.52. The Morgan fingerprint density at radius 2 is 2.00 bits per heavy atom. The Kier molecular flexibility index (Phi) is 5.40. The Balaban J connectivity index is 1.84. The molecule has 0 saturated carbocycles. The summed E-state index contributed by atoms with van der Waals surface area (Å²) in [6.45, 7) is 7.16. The van der Waals surface area contributed by atoms with Crippen molar-refractivity contribution in [3.05, 3.63) is 0 Å². The molecule has 0 amide bonds. The lowest BCUT2D eigenvalue weighted by Crippen LogP contribution is -2.46. The Morgan fingerprint density at radius 3 is 2.62 bits per heavy atom. The third-order valence-electron chi connectivity index (χ3n) is 2.91. The highest BCUT2D eigenvalue weighted by molar-refractivity contribution is 4.78. The molecule has 2 N–H and O–H groups in total. The van der Waals surface area contributed by atoms with Crippen LogP contribution < -0.4 is 5.73 Å². The lowest BCUT2D eigenvalue weighted by Gasteiger charge is -2.39. The molecule has 0 radical (unpaired) electrons. The van der Waals surface area contributed by atoms with E-state index in [-0.39, 0.29) is 0 Å². The predicted molar refractivity (Wildman–Crippen MR) is 57.7 cm³/mol. The van der Waals surface area contributed by atoms with E-state index >= 15 is 0 Å². The number of hydrogen-bond donors (Lipinski definition) is 1. The van der Waals surface area contributed by atoms with Crippen molar-refractivity contribution in [3.63, 3.8) is 0 Å². The SMILES string of the molecule is CCCC1CN(CCCCCN)C1. The first-order valence-electron chi connectivity index (χ1n) is 5.79. The fourth-order valence-corrected chi connectivity index (χ4v) is 2.11. The van der Waals surface area contributed by atoms with Crippen molar-refractivity contribution in [1.29, 1.82) is 0 Å². The normalized spacial score (nSPS) is 18.9. The van der Waals surface area contributed by atoms with Gasteiger partial charge in [0.2, 0.25) is 0 Å². The number of unbranched alkanes of at least 4 members (excludes halogenated alkanes) is 2. The minimum absolute atomic E-state index is 0.860. The molecule has 13 heavy (non-hydrogen) atoms. The highest BCUT2D eigenvalue weighted by Crippen LogP contribution is 2.20. The minimum Gasteiger partial charge on any atom is -0.330 e. The van der Waals surface area contributed by atoms with Crippen LogP contribution in [-0.4, -0.2) is 31.1 Å². The van der Waals surface area contributed by atoms with Crippen LogP contribution in [0.25, 0.3) is 0 Å². The fourth-order valence-electron chi connectivity index (χ4n) is 2.11. The van der Waals surface area contributed by atoms with Crippen LogP contribution in [-0.2, 0) is 0 Å². The molecule has 78 valence electrons. The molecule has 0 aromatic carbocycles. The van der Waals surface area contributed by atoms with Gasteiger partial charge in [-0.25, -0.2) is 0 Å². The van der Waals surface area contributed by atoms with Crippen molar-refractivity contribution in [3.8, 4) is 0 Å². The lowest BCUT2D eigenvalue weighted by molar-refractivity contribution is 0.0918. The first-order valence-corrected chi connectivity index (χ1v) is 5.79. The molecule has 1 heterocycles. The lowest BCUT2D eigenvalue weighted by atomic mass is 9.95. The van der Waals surface area contributed by atoms with Gasteiger partial charge >= 0.3 is 0 Å². The maximum atomic E-state index is 5.44. The van der Waals surface area contributed by atoms with E-state index in [1.165, 1.54) is 51.7 Å². The van der Waals surface area contributed by atoms with Crippen LogP contribution in [0, 0.1) is 5.92 Å². The van der Waals surface area contributed by atoms with Gasteiger partial charge in [0.25, 0.3) is 0 Å². The van der Waals surface area contributed by atoms with E-state index in [0.717, 1.165) is 12.5 Å². The van der Waals surface area contributed by atoms with Crippen LogP contribution in [0.15, 0.2) is 0 Å². The summed E-state index contributed by atoms with van der Waals surface area (Å²) in [7, 11) is 0. The topological polar surface area (TPSA) is 29.3 Å². The maximum absolute atomic E-state index is 5.44. The third-order valence-corrected chi connectivity index (χ3v) is 2.91. The van der Waals surface area contributed by atoms with Gasteiger partial charge in [-0.05, 0) is 38.3 Å². The van der Waals surface area contributed by atoms with E-state index in [2.05, 4.69) is 11.8 Å². The van der Waals surface area contributed by atoms with Gasteiger partial charge < -0.3 is 10.6 Å². The molecule has 0 bridgehead atoms.